The number of rotatable bonds is 2. The van der Waals surface area contributed by atoms with Crippen molar-refractivity contribution in [1.29, 1.82) is 0 Å². The third kappa shape index (κ3) is 7.33. The largest absolute Gasteiger partial charge is 0.444 e. The molecule has 0 fully saturated rings. The zero-order chi connectivity index (χ0) is 9.78. The summed E-state index contributed by atoms with van der Waals surface area (Å²) in [5, 5.41) is 2.08. The molecule has 0 saturated heterocycles. The van der Waals surface area contributed by atoms with Gasteiger partial charge in [0.25, 0.3) is 0 Å². The Hall–Kier alpha value is -0.780. The lowest BCUT2D eigenvalue weighted by Crippen LogP contribution is -2.33. The summed E-state index contributed by atoms with van der Waals surface area (Å²) >= 11 is 0. The maximum absolute atomic E-state index is 10.8. The maximum Gasteiger partial charge on any atom is 0.408 e. The van der Waals surface area contributed by atoms with E-state index in [9.17, 15) is 13.2 Å². The van der Waals surface area contributed by atoms with Crippen LogP contribution in [0.2, 0.25) is 0 Å². The van der Waals surface area contributed by atoms with Crippen molar-refractivity contribution in [2.75, 3.05) is 5.88 Å². The van der Waals surface area contributed by atoms with Crippen molar-refractivity contribution in [2.45, 2.75) is 26.4 Å². The lowest BCUT2D eigenvalue weighted by Gasteiger charge is -2.18. The van der Waals surface area contributed by atoms with Gasteiger partial charge in [0, 0.05) is 0 Å². The van der Waals surface area contributed by atoms with Crippen molar-refractivity contribution in [3.05, 3.63) is 0 Å². The summed E-state index contributed by atoms with van der Waals surface area (Å²) in [4.78, 5) is 10.8. The molecular weight excluding hydrogens is 182 g/mol. The first kappa shape index (κ1) is 11.2. The van der Waals surface area contributed by atoms with Gasteiger partial charge >= 0.3 is 6.09 Å². The monoisotopic (exact) mass is 195 g/mol. The summed E-state index contributed by atoms with van der Waals surface area (Å²) in [5.41, 5.74) is -0.599. The lowest BCUT2D eigenvalue weighted by molar-refractivity contribution is 0.0537. The minimum absolute atomic E-state index is 0.385. The summed E-state index contributed by atoms with van der Waals surface area (Å²) in [6.45, 7) is 5.09. The number of thiol groups is 1. The van der Waals surface area contributed by atoms with Gasteiger partial charge in [0.2, 0.25) is 0 Å². The summed E-state index contributed by atoms with van der Waals surface area (Å²) in [7, 11) is -2.59. The second-order valence-electron chi connectivity index (χ2n) is 3.17. The van der Waals surface area contributed by atoms with E-state index < -0.39 is 22.4 Å². The molecule has 0 aliphatic rings. The average molecular weight is 195 g/mol. The lowest BCUT2D eigenvalue weighted by atomic mass is 10.2. The normalized spacial score (nSPS) is 11.3. The quantitative estimate of drug-likeness (QED) is 0.612. The Morgan fingerprint density at radius 3 is 2.25 bits per heavy atom. The molecule has 0 aromatic carbocycles. The Kier molecular flexibility index (Phi) is 4.02. The van der Waals surface area contributed by atoms with E-state index in [-0.39, 0.29) is 5.88 Å². The van der Waals surface area contributed by atoms with Crippen molar-refractivity contribution < 1.29 is 17.9 Å². The number of carbonyl (C=O) groups excluding carboxylic acids is 1. The topological polar surface area (TPSA) is 72.5 Å². The zero-order valence-corrected chi connectivity index (χ0v) is 8.18. The summed E-state index contributed by atoms with van der Waals surface area (Å²) < 4.78 is 24.8. The molecular formula is C6H13NO4S. The summed E-state index contributed by atoms with van der Waals surface area (Å²) in [5.74, 6) is -0.385. The highest BCUT2D eigenvalue weighted by Crippen LogP contribution is 2.05. The van der Waals surface area contributed by atoms with E-state index in [0.29, 0.717) is 0 Å². The third-order valence-corrected chi connectivity index (χ3v) is 1.17. The first-order valence-corrected chi connectivity index (χ1v) is 4.76. The van der Waals surface area contributed by atoms with Crippen LogP contribution in [0.4, 0.5) is 4.79 Å². The van der Waals surface area contributed by atoms with Crippen LogP contribution >= 0.6 is 0 Å². The molecule has 12 heavy (non-hydrogen) atoms. The molecule has 6 heteroatoms. The second-order valence-corrected chi connectivity index (χ2v) is 4.15. The molecule has 0 aromatic rings. The fourth-order valence-corrected chi connectivity index (χ4v) is 0.701. The molecule has 0 aromatic heterocycles. The van der Waals surface area contributed by atoms with Gasteiger partial charge in [-0.05, 0) is 20.8 Å². The van der Waals surface area contributed by atoms with E-state index in [1.54, 1.807) is 20.8 Å². The molecule has 0 rings (SSSR count). The first-order valence-electron chi connectivity index (χ1n) is 3.40. The van der Waals surface area contributed by atoms with Crippen LogP contribution in [0.5, 0.6) is 0 Å². The van der Waals surface area contributed by atoms with Crippen LogP contribution in [-0.4, -0.2) is 26.0 Å². The van der Waals surface area contributed by atoms with Crippen LogP contribution in [-0.2, 0) is 15.4 Å². The highest BCUT2D eigenvalue weighted by Gasteiger charge is 2.15. The second kappa shape index (κ2) is 4.30. The molecule has 0 radical (unpaired) electrons. The highest BCUT2D eigenvalue weighted by atomic mass is 32.2. The molecule has 0 atom stereocenters. The Morgan fingerprint density at radius 2 is 1.92 bits per heavy atom. The van der Waals surface area contributed by atoms with E-state index in [0.717, 1.165) is 0 Å². The molecule has 0 saturated carbocycles. The predicted molar refractivity (Wildman–Crippen MR) is 44.6 cm³/mol. The van der Waals surface area contributed by atoms with Gasteiger partial charge < -0.3 is 10.1 Å². The van der Waals surface area contributed by atoms with Gasteiger partial charge in [-0.3, -0.25) is 0 Å². The minimum atomic E-state index is -2.59. The van der Waals surface area contributed by atoms with E-state index in [4.69, 9.17) is 4.74 Å². The maximum atomic E-state index is 10.8. The molecule has 1 amide bonds. The number of nitrogens with one attached hydrogen (secondary N) is 1. The van der Waals surface area contributed by atoms with Crippen LogP contribution in [0.1, 0.15) is 20.8 Å². The predicted octanol–water partition coefficient (Wildman–Crippen LogP) is 0.0800. The first-order chi connectivity index (χ1) is 5.31. The van der Waals surface area contributed by atoms with Crippen LogP contribution in [0.15, 0.2) is 0 Å². The van der Waals surface area contributed by atoms with E-state index in [2.05, 4.69) is 5.32 Å². The molecule has 72 valence electrons. The molecule has 5 nitrogen and oxygen atoms in total. The van der Waals surface area contributed by atoms with Crippen LogP contribution in [0.25, 0.3) is 0 Å². The van der Waals surface area contributed by atoms with E-state index in [1.165, 1.54) is 0 Å². The SMILES string of the molecule is CC(C)(C)OC(=O)NC[SH](=O)=O. The number of alkyl carbamates (subject to hydrolysis) is 1. The van der Waals surface area contributed by atoms with Gasteiger partial charge in [-0.25, -0.2) is 13.2 Å². The van der Waals surface area contributed by atoms with Crippen molar-refractivity contribution in [3.8, 4) is 0 Å². The number of hydrogen-bond acceptors (Lipinski definition) is 4. The molecule has 1 N–H and O–H groups in total. The van der Waals surface area contributed by atoms with Crippen molar-refractivity contribution in [3.63, 3.8) is 0 Å². The van der Waals surface area contributed by atoms with Gasteiger partial charge in [-0.1, -0.05) is 0 Å². The molecule has 0 unspecified atom stereocenters. The fraction of sp³-hybridized carbons (Fsp3) is 0.833. The van der Waals surface area contributed by atoms with Gasteiger partial charge in [0.05, 0.1) is 0 Å². The standard InChI is InChI=1S/C6H13NO4S/c1-6(2,3)11-5(8)7-4-12(9)10/h12H,4H2,1-3H3,(H,7,8). The highest BCUT2D eigenvalue weighted by molar-refractivity contribution is 7.72. The fourth-order valence-electron chi connectivity index (χ4n) is 0.443. The zero-order valence-electron chi connectivity index (χ0n) is 7.29. The summed E-state index contributed by atoms with van der Waals surface area (Å²) in [6.07, 6.45) is -0.721. The molecule has 0 bridgehead atoms. The van der Waals surface area contributed by atoms with Crippen LogP contribution in [0.3, 0.4) is 0 Å². The van der Waals surface area contributed by atoms with Gasteiger partial charge in [-0.15, -0.1) is 0 Å². The van der Waals surface area contributed by atoms with E-state index in [1.807, 2.05) is 0 Å². The Balaban J connectivity index is 3.76. The smallest absolute Gasteiger partial charge is 0.408 e. The Bertz CT molecular complexity index is 220. The summed E-state index contributed by atoms with van der Waals surface area (Å²) in [6, 6.07) is 0. The van der Waals surface area contributed by atoms with Crippen molar-refractivity contribution in [2.24, 2.45) is 0 Å². The van der Waals surface area contributed by atoms with Crippen molar-refractivity contribution in [1.82, 2.24) is 5.32 Å². The molecule has 0 heterocycles. The third-order valence-electron chi connectivity index (χ3n) is 0.751. The number of amides is 1. The number of carbonyl (C=O) groups is 1. The van der Waals surface area contributed by atoms with Crippen molar-refractivity contribution >= 4 is 16.8 Å². The van der Waals surface area contributed by atoms with Crippen LogP contribution < -0.4 is 5.32 Å². The van der Waals surface area contributed by atoms with E-state index >= 15 is 0 Å². The minimum Gasteiger partial charge on any atom is -0.444 e. The van der Waals surface area contributed by atoms with Gasteiger partial charge in [0.1, 0.15) is 11.5 Å². The Labute approximate surface area is 73.0 Å². The average Bonchev–Trinajstić information content (AvgIpc) is 1.79. The number of hydrogen-bond donors (Lipinski definition) is 2. The van der Waals surface area contributed by atoms with Gasteiger partial charge in [0.15, 0.2) is 10.7 Å². The molecule has 0 aliphatic carbocycles. The van der Waals surface area contributed by atoms with Gasteiger partial charge in [-0.2, -0.15) is 0 Å². The molecule has 0 spiro atoms. The van der Waals surface area contributed by atoms with Crippen LogP contribution in [0, 0.1) is 0 Å². The Morgan fingerprint density at radius 1 is 1.42 bits per heavy atom. The molecule has 0 aliphatic heterocycles. The number of ether oxygens (including phenoxy) is 1.